The number of hydrogen-bond donors (Lipinski definition) is 0. The summed E-state index contributed by atoms with van der Waals surface area (Å²) in [5.74, 6) is 0. The van der Waals surface area contributed by atoms with Crippen molar-refractivity contribution in [3.63, 3.8) is 0 Å². The molecule has 0 heterocycles. The van der Waals surface area contributed by atoms with Crippen LogP contribution in [0.15, 0.2) is 0 Å². The molecule has 0 bridgehead atoms. The molecule has 0 fully saturated rings. The SMILES string of the molecule is O=[N+]([O-])[O-].O=[N+]([O-])[O-].O=[N+]([O-])[O-].O=[N+]([O-])[O-].[U+4]. The molecule has 0 amide bonds. The van der Waals surface area contributed by atoms with Crippen molar-refractivity contribution in [3.05, 3.63) is 61.3 Å². The topological polar surface area (TPSA) is 265 Å². The van der Waals surface area contributed by atoms with Gasteiger partial charge in [0, 0.05) is 0 Å². The smallest absolute Gasteiger partial charge is 0.356 e. The van der Waals surface area contributed by atoms with Gasteiger partial charge in [-0.15, -0.1) is 0 Å². The Balaban J connectivity index is -0.0000000369. The van der Waals surface area contributed by atoms with E-state index in [9.17, 15) is 0 Å². The van der Waals surface area contributed by atoms with Gasteiger partial charge in [0.05, 0.1) is 20.3 Å². The van der Waals surface area contributed by atoms with Gasteiger partial charge < -0.3 is 61.3 Å². The van der Waals surface area contributed by atoms with Gasteiger partial charge >= 0.3 is 31.1 Å². The summed E-state index contributed by atoms with van der Waals surface area (Å²) in [6.45, 7) is 0. The van der Waals surface area contributed by atoms with Gasteiger partial charge in [0.2, 0.25) is 0 Å². The fraction of sp³-hybridized carbons (Fsp3) is 0. The second-order valence-electron chi connectivity index (χ2n) is 0.894. The summed E-state index contributed by atoms with van der Waals surface area (Å²) in [5, 5.41) is 59.0. The second-order valence-corrected chi connectivity index (χ2v) is 0.894. The molecule has 0 aliphatic heterocycles. The first-order valence-corrected chi connectivity index (χ1v) is 2.19. The molecule has 0 aromatic rings. The van der Waals surface area contributed by atoms with Gasteiger partial charge in [0.15, 0.2) is 0 Å². The van der Waals surface area contributed by atoms with Gasteiger partial charge in [-0.3, -0.25) is 0 Å². The molecule has 0 spiro atoms. The van der Waals surface area contributed by atoms with E-state index < -0.39 is 20.3 Å². The minimum Gasteiger partial charge on any atom is -0.356 e. The minimum atomic E-state index is -1.75. The number of hydrogen-bond acceptors (Lipinski definition) is 12. The van der Waals surface area contributed by atoms with Crippen molar-refractivity contribution in [2.45, 2.75) is 0 Å². The fourth-order valence-corrected chi connectivity index (χ4v) is 0. The summed E-state index contributed by atoms with van der Waals surface area (Å²) in [4.78, 5) is 33.0. The van der Waals surface area contributed by atoms with Gasteiger partial charge in [0.1, 0.15) is 0 Å². The Morgan fingerprint density at radius 3 is 0.412 bits per heavy atom. The summed E-state index contributed by atoms with van der Waals surface area (Å²) < 4.78 is 0. The maximum Gasteiger partial charge on any atom is 4.00 e. The Hall–Kier alpha value is -2.15. The molecule has 0 saturated heterocycles. The Kier molecular flexibility index (Phi) is 40.7. The predicted molar refractivity (Wildman–Crippen MR) is 41.4 cm³/mol. The van der Waals surface area contributed by atoms with E-state index in [-0.39, 0.29) is 31.1 Å². The zero-order valence-corrected chi connectivity index (χ0v) is 11.4. The maximum atomic E-state index is 8.25. The van der Waals surface area contributed by atoms with Crippen molar-refractivity contribution in [1.82, 2.24) is 0 Å². The number of rotatable bonds is 0. The average Bonchev–Trinajstić information content (AvgIpc) is 1.76. The molecular formula is N4O12U. The first kappa shape index (κ1) is 29.4. The molecule has 0 aromatic carbocycles. The van der Waals surface area contributed by atoms with Gasteiger partial charge in [-0.05, 0) is 0 Å². The molecule has 0 atom stereocenters. The van der Waals surface area contributed by atoms with Crippen molar-refractivity contribution >= 4 is 0 Å². The van der Waals surface area contributed by atoms with Crippen LogP contribution in [0.2, 0.25) is 0 Å². The molecule has 0 N–H and O–H groups in total. The van der Waals surface area contributed by atoms with Crippen molar-refractivity contribution in [3.8, 4) is 0 Å². The molecule has 0 unspecified atom stereocenters. The molecule has 0 saturated carbocycles. The summed E-state index contributed by atoms with van der Waals surface area (Å²) >= 11 is 0. The van der Waals surface area contributed by atoms with E-state index in [1.165, 1.54) is 0 Å². The molecule has 0 radical (unpaired) electrons. The molecule has 16 nitrogen and oxygen atoms in total. The Bertz CT molecular complexity index is 159. The third-order valence-corrected chi connectivity index (χ3v) is 0. The van der Waals surface area contributed by atoms with E-state index in [2.05, 4.69) is 0 Å². The van der Waals surface area contributed by atoms with Crippen LogP contribution in [0.25, 0.3) is 0 Å². The molecule has 0 aromatic heterocycles. The number of nitrogens with zero attached hydrogens (tertiary/aromatic N) is 4. The maximum absolute atomic E-state index is 8.25. The Morgan fingerprint density at radius 2 is 0.412 bits per heavy atom. The van der Waals surface area contributed by atoms with Crippen LogP contribution in [0.5, 0.6) is 0 Å². The predicted octanol–water partition coefficient (Wildman–Crippen LogP) is -0.956. The molecule has 17 heteroatoms. The summed E-state index contributed by atoms with van der Waals surface area (Å²) in [6, 6.07) is 0. The molecule has 0 aliphatic rings. The van der Waals surface area contributed by atoms with Gasteiger partial charge in [-0.2, -0.15) is 0 Å². The van der Waals surface area contributed by atoms with Gasteiger partial charge in [-0.25, -0.2) is 0 Å². The molecule has 96 valence electrons. The summed E-state index contributed by atoms with van der Waals surface area (Å²) in [6.07, 6.45) is 0. The molecular weight excluding hydrogens is 486 g/mol. The van der Waals surface area contributed by atoms with Crippen LogP contribution in [-0.4, -0.2) is 20.3 Å². The monoisotopic (exact) mass is 486 g/mol. The summed E-state index contributed by atoms with van der Waals surface area (Å²) in [5.41, 5.74) is 0. The van der Waals surface area contributed by atoms with E-state index >= 15 is 0 Å². The van der Waals surface area contributed by atoms with Gasteiger partial charge in [-0.1, -0.05) is 0 Å². The van der Waals surface area contributed by atoms with E-state index in [0.717, 1.165) is 0 Å². The van der Waals surface area contributed by atoms with Gasteiger partial charge in [0.25, 0.3) is 0 Å². The van der Waals surface area contributed by atoms with Crippen LogP contribution in [0.3, 0.4) is 0 Å². The van der Waals surface area contributed by atoms with E-state index in [4.69, 9.17) is 61.3 Å². The zero-order valence-electron chi connectivity index (χ0n) is 7.19. The van der Waals surface area contributed by atoms with Crippen LogP contribution in [0.4, 0.5) is 0 Å². The van der Waals surface area contributed by atoms with Crippen LogP contribution in [0.1, 0.15) is 0 Å². The summed E-state index contributed by atoms with van der Waals surface area (Å²) in [7, 11) is 0. The van der Waals surface area contributed by atoms with Crippen LogP contribution < -0.4 is 0 Å². The fourth-order valence-electron chi connectivity index (χ4n) is 0. The third kappa shape index (κ3) is 422. The van der Waals surface area contributed by atoms with Crippen LogP contribution in [-0.2, 0) is 0 Å². The molecule has 17 heavy (non-hydrogen) atoms. The van der Waals surface area contributed by atoms with E-state index in [1.54, 1.807) is 0 Å². The first-order valence-electron chi connectivity index (χ1n) is 2.19. The first-order chi connectivity index (χ1) is 6.93. The van der Waals surface area contributed by atoms with E-state index in [1.807, 2.05) is 0 Å². The molecule has 0 rings (SSSR count). The standard InChI is InChI=1S/4NO3.U/c4*2-1(3)4;/q4*-1;+4. The van der Waals surface area contributed by atoms with Crippen molar-refractivity contribution in [1.29, 1.82) is 0 Å². The van der Waals surface area contributed by atoms with Crippen LogP contribution >= 0.6 is 0 Å². The average molecular weight is 486 g/mol. The van der Waals surface area contributed by atoms with Crippen molar-refractivity contribution in [2.75, 3.05) is 0 Å². The van der Waals surface area contributed by atoms with Crippen molar-refractivity contribution in [2.24, 2.45) is 0 Å². The second kappa shape index (κ2) is 23.6. The Labute approximate surface area is 113 Å². The molecule has 0 aliphatic carbocycles. The van der Waals surface area contributed by atoms with Crippen LogP contribution in [0, 0.1) is 92.4 Å². The quantitative estimate of drug-likeness (QED) is 0.296. The third-order valence-electron chi connectivity index (χ3n) is 0. The van der Waals surface area contributed by atoms with E-state index in [0.29, 0.717) is 0 Å². The minimum absolute atomic E-state index is 0. The Morgan fingerprint density at radius 1 is 0.412 bits per heavy atom. The van der Waals surface area contributed by atoms with Crippen molar-refractivity contribution < 1.29 is 51.5 Å². The zero-order chi connectivity index (χ0) is 14.3. The normalized spacial score (nSPS) is 5.65. The largest absolute Gasteiger partial charge is 4.00 e.